The van der Waals surface area contributed by atoms with E-state index in [1.54, 1.807) is 0 Å². The van der Waals surface area contributed by atoms with Crippen molar-refractivity contribution in [3.63, 3.8) is 0 Å². The number of benzene rings is 2. The largest absolute Gasteiger partial charge is 0.388 e. The van der Waals surface area contributed by atoms with Crippen LogP contribution >= 0.6 is 11.8 Å². The lowest BCUT2D eigenvalue weighted by Crippen LogP contribution is -2.19. The van der Waals surface area contributed by atoms with E-state index in [2.05, 4.69) is 66.5 Å². The van der Waals surface area contributed by atoms with E-state index in [4.69, 9.17) is 0 Å². The number of hydrogen-bond acceptors (Lipinski definition) is 4. The first-order valence-electron chi connectivity index (χ1n) is 9.70. The number of hydrazone groups is 1. The molecule has 0 amide bonds. The highest BCUT2D eigenvalue weighted by atomic mass is 32.2. The van der Waals surface area contributed by atoms with Crippen molar-refractivity contribution < 1.29 is 0 Å². The van der Waals surface area contributed by atoms with Crippen LogP contribution in [0, 0.1) is 5.92 Å². The molecular weight excluding hydrogens is 350 g/mol. The van der Waals surface area contributed by atoms with Gasteiger partial charge in [-0.2, -0.15) is 5.10 Å². The van der Waals surface area contributed by atoms with E-state index < -0.39 is 0 Å². The standard InChI is InChI=1S/C23H27N3S/c1-16-4-7-18-8-9-19(24-2)14-22(18)23(16)26(25-3)20-10-12-21(13-11-20)27-15-17-5-6-17/h8-14,17,24H,3-7,15H2,1-2H3. The predicted octanol–water partition coefficient (Wildman–Crippen LogP) is 6.03. The predicted molar refractivity (Wildman–Crippen MR) is 119 cm³/mol. The highest BCUT2D eigenvalue weighted by Gasteiger charge is 2.23. The van der Waals surface area contributed by atoms with Gasteiger partial charge in [-0.05, 0) is 86.1 Å². The van der Waals surface area contributed by atoms with Crippen LogP contribution in [0.5, 0.6) is 0 Å². The van der Waals surface area contributed by atoms with Crippen molar-refractivity contribution in [1.82, 2.24) is 0 Å². The van der Waals surface area contributed by atoms with Crippen molar-refractivity contribution >= 4 is 35.6 Å². The Morgan fingerprint density at radius 1 is 1.15 bits per heavy atom. The molecule has 4 rings (SSSR count). The summed E-state index contributed by atoms with van der Waals surface area (Å²) in [6.07, 6.45) is 4.94. The minimum Gasteiger partial charge on any atom is -0.388 e. The zero-order valence-corrected chi connectivity index (χ0v) is 17.0. The summed E-state index contributed by atoms with van der Waals surface area (Å²) in [7, 11) is 1.96. The Kier molecular flexibility index (Phi) is 5.26. The zero-order chi connectivity index (χ0) is 18.8. The van der Waals surface area contributed by atoms with Crippen LogP contribution in [0.4, 0.5) is 11.4 Å². The van der Waals surface area contributed by atoms with Crippen molar-refractivity contribution in [3.05, 3.63) is 59.2 Å². The van der Waals surface area contributed by atoms with Crippen LogP contribution in [0.1, 0.15) is 37.3 Å². The molecule has 0 unspecified atom stereocenters. The minimum atomic E-state index is 0.939. The lowest BCUT2D eigenvalue weighted by molar-refractivity contribution is 0.897. The molecule has 3 nitrogen and oxygen atoms in total. The number of aryl methyl sites for hydroxylation is 1. The monoisotopic (exact) mass is 377 g/mol. The number of fused-ring (bicyclic) bond motifs is 1. The Morgan fingerprint density at radius 2 is 1.93 bits per heavy atom. The summed E-state index contributed by atoms with van der Waals surface area (Å²) in [6.45, 7) is 6.08. The molecule has 140 valence electrons. The number of rotatable bonds is 7. The fraction of sp³-hybridized carbons (Fsp3) is 0.348. The van der Waals surface area contributed by atoms with Gasteiger partial charge >= 0.3 is 0 Å². The lowest BCUT2D eigenvalue weighted by atomic mass is 9.89. The van der Waals surface area contributed by atoms with Crippen molar-refractivity contribution in [1.29, 1.82) is 0 Å². The van der Waals surface area contributed by atoms with Crippen LogP contribution in [0.25, 0.3) is 5.70 Å². The number of thioether (sulfide) groups is 1. The second-order valence-corrected chi connectivity index (χ2v) is 8.55. The van der Waals surface area contributed by atoms with E-state index >= 15 is 0 Å². The van der Waals surface area contributed by atoms with Crippen LogP contribution in [-0.2, 0) is 6.42 Å². The van der Waals surface area contributed by atoms with Crippen molar-refractivity contribution in [2.45, 2.75) is 37.5 Å². The fourth-order valence-electron chi connectivity index (χ4n) is 3.60. The molecule has 0 bridgehead atoms. The van der Waals surface area contributed by atoms with Gasteiger partial charge in [-0.15, -0.1) is 11.8 Å². The second-order valence-electron chi connectivity index (χ2n) is 7.45. The summed E-state index contributed by atoms with van der Waals surface area (Å²) in [5.74, 6) is 2.18. The second kappa shape index (κ2) is 7.81. The Labute approximate surface area is 166 Å². The molecule has 0 aliphatic heterocycles. The van der Waals surface area contributed by atoms with Crippen molar-refractivity contribution in [2.75, 3.05) is 23.1 Å². The molecule has 2 aromatic carbocycles. The van der Waals surface area contributed by atoms with E-state index in [1.165, 1.54) is 45.9 Å². The smallest absolute Gasteiger partial charge is 0.0717 e. The van der Waals surface area contributed by atoms with Gasteiger partial charge in [-0.25, -0.2) is 5.01 Å². The van der Waals surface area contributed by atoms with Crippen LogP contribution < -0.4 is 10.3 Å². The quantitative estimate of drug-likeness (QED) is 0.363. The molecule has 1 saturated carbocycles. The summed E-state index contributed by atoms with van der Waals surface area (Å²) < 4.78 is 0. The SMILES string of the molecule is C=NN(C1=C(C)CCc2ccc(NC)cc21)c1ccc(SCC2CC2)cc1. The molecule has 0 spiro atoms. The number of nitrogens with zero attached hydrogens (tertiary/aromatic N) is 2. The summed E-state index contributed by atoms with van der Waals surface area (Å²) in [4.78, 5) is 1.34. The van der Waals surface area contributed by atoms with Crippen LogP contribution in [0.2, 0.25) is 0 Å². The molecule has 0 heterocycles. The average molecular weight is 378 g/mol. The van der Waals surface area contributed by atoms with Gasteiger partial charge in [-0.1, -0.05) is 6.07 Å². The Morgan fingerprint density at radius 3 is 2.59 bits per heavy atom. The van der Waals surface area contributed by atoms with E-state index in [0.717, 1.165) is 30.1 Å². The van der Waals surface area contributed by atoms with E-state index in [0.29, 0.717) is 0 Å². The third kappa shape index (κ3) is 3.91. The number of allylic oxidation sites excluding steroid dienone is 1. The zero-order valence-electron chi connectivity index (χ0n) is 16.2. The highest BCUT2D eigenvalue weighted by Crippen LogP contribution is 2.39. The number of hydrogen-bond donors (Lipinski definition) is 1. The first-order chi connectivity index (χ1) is 13.2. The van der Waals surface area contributed by atoms with Crippen LogP contribution in [0.15, 0.2) is 58.0 Å². The normalized spacial score (nSPS) is 16.1. The van der Waals surface area contributed by atoms with Gasteiger partial charge in [0, 0.05) is 35.7 Å². The number of anilines is 2. The van der Waals surface area contributed by atoms with Gasteiger partial charge in [0.05, 0.1) is 11.4 Å². The highest BCUT2D eigenvalue weighted by molar-refractivity contribution is 7.99. The molecule has 0 saturated heterocycles. The van der Waals surface area contributed by atoms with Gasteiger partial charge < -0.3 is 5.32 Å². The van der Waals surface area contributed by atoms with Gasteiger partial charge in [0.2, 0.25) is 0 Å². The first kappa shape index (κ1) is 18.2. The summed E-state index contributed by atoms with van der Waals surface area (Å²) >= 11 is 1.96. The van der Waals surface area contributed by atoms with Crippen LogP contribution in [0.3, 0.4) is 0 Å². The lowest BCUT2D eigenvalue weighted by Gasteiger charge is -2.29. The molecule has 2 aromatic rings. The maximum atomic E-state index is 4.40. The van der Waals surface area contributed by atoms with E-state index in [-0.39, 0.29) is 0 Å². The van der Waals surface area contributed by atoms with Gasteiger partial charge in [0.25, 0.3) is 0 Å². The van der Waals surface area contributed by atoms with Crippen molar-refractivity contribution in [3.8, 4) is 0 Å². The van der Waals surface area contributed by atoms with Gasteiger partial charge in [0.1, 0.15) is 0 Å². The Balaban J connectivity index is 1.64. The summed E-state index contributed by atoms with van der Waals surface area (Å²) in [5, 5.41) is 9.66. The third-order valence-corrected chi connectivity index (χ3v) is 6.69. The first-order valence-corrected chi connectivity index (χ1v) is 10.7. The van der Waals surface area contributed by atoms with Gasteiger partial charge in [-0.3, -0.25) is 0 Å². The van der Waals surface area contributed by atoms with Crippen molar-refractivity contribution in [2.24, 2.45) is 11.0 Å². The Hall–Kier alpha value is -2.20. The molecule has 1 fully saturated rings. The maximum Gasteiger partial charge on any atom is 0.0717 e. The van der Waals surface area contributed by atoms with Crippen LogP contribution in [-0.4, -0.2) is 19.5 Å². The molecule has 4 heteroatoms. The molecular formula is C23H27N3S. The summed E-state index contributed by atoms with van der Waals surface area (Å²) in [5.41, 5.74) is 7.34. The molecule has 1 N–H and O–H groups in total. The molecule has 0 atom stereocenters. The molecule has 2 aliphatic rings. The number of nitrogens with one attached hydrogen (secondary N) is 1. The topological polar surface area (TPSA) is 27.6 Å². The molecule has 27 heavy (non-hydrogen) atoms. The maximum absolute atomic E-state index is 4.40. The van der Waals surface area contributed by atoms with E-state index in [1.807, 2.05) is 23.8 Å². The van der Waals surface area contributed by atoms with E-state index in [9.17, 15) is 0 Å². The average Bonchev–Trinajstić information content (AvgIpc) is 3.53. The Bertz CT molecular complexity index is 866. The fourth-order valence-corrected chi connectivity index (χ4v) is 4.69. The third-order valence-electron chi connectivity index (χ3n) is 5.44. The molecule has 2 aliphatic carbocycles. The molecule has 0 radical (unpaired) electrons. The minimum absolute atomic E-state index is 0.939. The molecule has 0 aromatic heterocycles. The summed E-state index contributed by atoms with van der Waals surface area (Å²) in [6, 6.07) is 15.4. The van der Waals surface area contributed by atoms with Gasteiger partial charge in [0.15, 0.2) is 0 Å².